The van der Waals surface area contributed by atoms with E-state index in [0.29, 0.717) is 13.0 Å². The largest absolute Gasteiger partial charge is 0.494 e. The molecule has 0 saturated carbocycles. The van der Waals surface area contributed by atoms with Gasteiger partial charge in [-0.05, 0) is 48.7 Å². The molecule has 3 nitrogen and oxygen atoms in total. The Bertz CT molecular complexity index is 523. The molecule has 0 atom stereocenters. The van der Waals surface area contributed by atoms with Crippen molar-refractivity contribution in [1.29, 1.82) is 0 Å². The second-order valence-corrected chi connectivity index (χ2v) is 4.60. The molecule has 0 aliphatic heterocycles. The summed E-state index contributed by atoms with van der Waals surface area (Å²) in [5, 5.41) is 12.3. The van der Waals surface area contributed by atoms with Crippen LogP contribution in [-0.4, -0.2) is 18.3 Å². The fraction of sp³-hybridized carbons (Fsp3) is 0.294. The molecule has 0 amide bonds. The van der Waals surface area contributed by atoms with Gasteiger partial charge in [0.2, 0.25) is 0 Å². The number of aliphatic hydroxyl groups excluding tert-OH is 1. The van der Waals surface area contributed by atoms with Crippen LogP contribution in [0.5, 0.6) is 5.75 Å². The molecule has 2 aromatic carbocycles. The number of aliphatic hydroxyl groups is 1. The maximum absolute atomic E-state index is 8.88. The van der Waals surface area contributed by atoms with E-state index < -0.39 is 0 Å². The SMILES string of the molecule is CCOc1cccc(CNc2ccc(CCO)cc2)c1. The third kappa shape index (κ3) is 4.28. The van der Waals surface area contributed by atoms with Crippen LogP contribution in [0.3, 0.4) is 0 Å². The fourth-order valence-electron chi connectivity index (χ4n) is 2.03. The first kappa shape index (κ1) is 14.4. The molecule has 0 spiro atoms. The van der Waals surface area contributed by atoms with Crippen LogP contribution >= 0.6 is 0 Å². The molecule has 2 N–H and O–H groups in total. The molecule has 0 aliphatic carbocycles. The van der Waals surface area contributed by atoms with Crippen molar-refractivity contribution in [3.05, 3.63) is 59.7 Å². The summed E-state index contributed by atoms with van der Waals surface area (Å²) in [5.74, 6) is 0.907. The van der Waals surface area contributed by atoms with Gasteiger partial charge >= 0.3 is 0 Å². The highest BCUT2D eigenvalue weighted by Crippen LogP contribution is 2.16. The van der Waals surface area contributed by atoms with Crippen molar-refractivity contribution in [2.24, 2.45) is 0 Å². The summed E-state index contributed by atoms with van der Waals surface area (Å²) in [7, 11) is 0. The van der Waals surface area contributed by atoms with Crippen molar-refractivity contribution in [3.8, 4) is 5.75 Å². The molecule has 0 unspecified atom stereocenters. The molecule has 0 heterocycles. The first-order chi connectivity index (χ1) is 9.81. The minimum absolute atomic E-state index is 0.191. The Labute approximate surface area is 120 Å². The maximum Gasteiger partial charge on any atom is 0.119 e. The molecule has 0 aromatic heterocycles. The Morgan fingerprint density at radius 2 is 1.85 bits per heavy atom. The summed E-state index contributed by atoms with van der Waals surface area (Å²) in [4.78, 5) is 0. The van der Waals surface area contributed by atoms with E-state index in [9.17, 15) is 0 Å². The Morgan fingerprint density at radius 1 is 1.05 bits per heavy atom. The van der Waals surface area contributed by atoms with Crippen LogP contribution in [0.25, 0.3) is 0 Å². The predicted octanol–water partition coefficient (Wildman–Crippen LogP) is 3.23. The number of hydrogen-bond acceptors (Lipinski definition) is 3. The van der Waals surface area contributed by atoms with Crippen LogP contribution < -0.4 is 10.1 Å². The number of benzene rings is 2. The van der Waals surface area contributed by atoms with Crippen molar-refractivity contribution >= 4 is 5.69 Å². The summed E-state index contributed by atoms with van der Waals surface area (Å²) >= 11 is 0. The van der Waals surface area contributed by atoms with Crippen molar-refractivity contribution < 1.29 is 9.84 Å². The number of ether oxygens (including phenoxy) is 1. The number of rotatable bonds is 7. The third-order valence-electron chi connectivity index (χ3n) is 3.06. The summed E-state index contributed by atoms with van der Waals surface area (Å²) in [6, 6.07) is 16.3. The molecule has 2 aromatic rings. The Morgan fingerprint density at radius 3 is 2.55 bits per heavy atom. The predicted molar refractivity (Wildman–Crippen MR) is 82.2 cm³/mol. The summed E-state index contributed by atoms with van der Waals surface area (Å²) in [5.41, 5.74) is 3.42. The van der Waals surface area contributed by atoms with Crippen molar-refractivity contribution in [1.82, 2.24) is 0 Å². The lowest BCUT2D eigenvalue weighted by Gasteiger charge is -2.09. The van der Waals surface area contributed by atoms with Gasteiger partial charge in [0.15, 0.2) is 0 Å². The standard InChI is InChI=1S/C17H21NO2/c1-2-20-17-5-3-4-15(12-17)13-18-16-8-6-14(7-9-16)10-11-19/h3-9,12,18-19H,2,10-11,13H2,1H3. The molecule has 0 aliphatic rings. The molecule has 0 bridgehead atoms. The van der Waals surface area contributed by atoms with Crippen LogP contribution in [0, 0.1) is 0 Å². The first-order valence-electron chi connectivity index (χ1n) is 6.97. The first-order valence-corrected chi connectivity index (χ1v) is 6.97. The fourth-order valence-corrected chi connectivity index (χ4v) is 2.03. The normalized spacial score (nSPS) is 10.3. The van der Waals surface area contributed by atoms with Crippen LogP contribution in [-0.2, 0) is 13.0 Å². The maximum atomic E-state index is 8.88. The molecule has 2 rings (SSSR count). The monoisotopic (exact) mass is 271 g/mol. The third-order valence-corrected chi connectivity index (χ3v) is 3.06. The van der Waals surface area contributed by atoms with Gasteiger partial charge in [-0.2, -0.15) is 0 Å². The zero-order valence-corrected chi connectivity index (χ0v) is 11.8. The van der Waals surface area contributed by atoms with E-state index in [2.05, 4.69) is 17.4 Å². The van der Waals surface area contributed by atoms with Crippen molar-refractivity contribution in [2.75, 3.05) is 18.5 Å². The second kappa shape index (κ2) is 7.56. The zero-order valence-electron chi connectivity index (χ0n) is 11.8. The molecule has 0 saturated heterocycles. The molecule has 20 heavy (non-hydrogen) atoms. The van der Waals surface area contributed by atoms with Gasteiger partial charge < -0.3 is 15.2 Å². The Balaban J connectivity index is 1.92. The summed E-state index contributed by atoms with van der Waals surface area (Å²) < 4.78 is 5.49. The quantitative estimate of drug-likeness (QED) is 0.812. The van der Waals surface area contributed by atoms with Crippen LogP contribution in [0.2, 0.25) is 0 Å². The minimum Gasteiger partial charge on any atom is -0.494 e. The zero-order chi connectivity index (χ0) is 14.2. The lowest BCUT2D eigenvalue weighted by atomic mass is 10.1. The van der Waals surface area contributed by atoms with Gasteiger partial charge in [-0.15, -0.1) is 0 Å². The second-order valence-electron chi connectivity index (χ2n) is 4.60. The molecular weight excluding hydrogens is 250 g/mol. The Hall–Kier alpha value is -2.00. The molecule has 0 fully saturated rings. The lowest BCUT2D eigenvalue weighted by Crippen LogP contribution is -2.00. The Kier molecular flexibility index (Phi) is 5.44. The summed E-state index contributed by atoms with van der Waals surface area (Å²) in [6.07, 6.45) is 0.705. The highest BCUT2D eigenvalue weighted by Gasteiger charge is 1.98. The van der Waals surface area contributed by atoms with Gasteiger partial charge in [0, 0.05) is 18.8 Å². The van der Waals surface area contributed by atoms with E-state index >= 15 is 0 Å². The van der Waals surface area contributed by atoms with Crippen LogP contribution in [0.4, 0.5) is 5.69 Å². The average Bonchev–Trinajstić information content (AvgIpc) is 2.48. The van der Waals surface area contributed by atoms with Crippen LogP contribution in [0.15, 0.2) is 48.5 Å². The van der Waals surface area contributed by atoms with Crippen molar-refractivity contribution in [2.45, 2.75) is 19.9 Å². The molecular formula is C17H21NO2. The van der Waals surface area contributed by atoms with Gasteiger partial charge in [-0.1, -0.05) is 24.3 Å². The van der Waals surface area contributed by atoms with Crippen LogP contribution in [0.1, 0.15) is 18.1 Å². The number of anilines is 1. The van der Waals surface area contributed by atoms with E-state index in [1.807, 2.05) is 43.3 Å². The van der Waals surface area contributed by atoms with E-state index in [-0.39, 0.29) is 6.61 Å². The highest BCUT2D eigenvalue weighted by atomic mass is 16.5. The molecule has 3 heteroatoms. The van der Waals surface area contributed by atoms with E-state index in [1.54, 1.807) is 0 Å². The van der Waals surface area contributed by atoms with Crippen molar-refractivity contribution in [3.63, 3.8) is 0 Å². The lowest BCUT2D eigenvalue weighted by molar-refractivity contribution is 0.299. The van der Waals surface area contributed by atoms with E-state index in [1.165, 1.54) is 5.56 Å². The van der Waals surface area contributed by atoms with E-state index in [0.717, 1.165) is 23.5 Å². The van der Waals surface area contributed by atoms with E-state index in [4.69, 9.17) is 9.84 Å². The smallest absolute Gasteiger partial charge is 0.119 e. The minimum atomic E-state index is 0.191. The number of nitrogens with one attached hydrogen (secondary N) is 1. The average molecular weight is 271 g/mol. The van der Waals surface area contributed by atoms with Gasteiger partial charge in [-0.3, -0.25) is 0 Å². The van der Waals surface area contributed by atoms with Gasteiger partial charge in [0.1, 0.15) is 5.75 Å². The molecule has 106 valence electrons. The highest BCUT2D eigenvalue weighted by molar-refractivity contribution is 5.45. The van der Waals surface area contributed by atoms with Gasteiger partial charge in [0.05, 0.1) is 6.61 Å². The number of hydrogen-bond donors (Lipinski definition) is 2. The van der Waals surface area contributed by atoms with Gasteiger partial charge in [-0.25, -0.2) is 0 Å². The van der Waals surface area contributed by atoms with Gasteiger partial charge in [0.25, 0.3) is 0 Å². The molecule has 0 radical (unpaired) electrons. The summed E-state index contributed by atoms with van der Waals surface area (Å²) in [6.45, 7) is 3.62. The topological polar surface area (TPSA) is 41.5 Å².